The van der Waals surface area contributed by atoms with Crippen LogP contribution in [0.1, 0.15) is 30.1 Å². The topological polar surface area (TPSA) is 138 Å². The molecule has 0 spiro atoms. The van der Waals surface area contributed by atoms with Crippen LogP contribution in [0, 0.1) is 6.92 Å². The molecule has 0 unspecified atom stereocenters. The second-order valence-corrected chi connectivity index (χ2v) is 5.57. The van der Waals surface area contributed by atoms with Crippen molar-refractivity contribution in [1.82, 2.24) is 20.0 Å². The van der Waals surface area contributed by atoms with Crippen molar-refractivity contribution in [2.24, 2.45) is 0 Å². The van der Waals surface area contributed by atoms with Gasteiger partial charge >= 0.3 is 5.63 Å². The van der Waals surface area contributed by atoms with Crippen LogP contribution in [0.25, 0.3) is 5.13 Å². The minimum Gasteiger partial charge on any atom is -0.488 e. The first kappa shape index (κ1) is 23.1. The smallest absolute Gasteiger partial charge is 0.381 e. The Morgan fingerprint density at radius 2 is 2.04 bits per heavy atom. The lowest BCUT2D eigenvalue weighted by Crippen LogP contribution is -2.16. The largest absolute Gasteiger partial charge is 0.488 e. The number of amides is 1. The third-order valence-corrected chi connectivity index (χ3v) is 3.83. The second-order valence-electron chi connectivity index (χ2n) is 4.62. The molecule has 0 fully saturated rings. The predicted molar refractivity (Wildman–Crippen MR) is 109 cm³/mol. The molecule has 0 saturated carbocycles. The number of halogens is 1. The Labute approximate surface area is 170 Å². The van der Waals surface area contributed by atoms with E-state index < -0.39 is 11.5 Å². The Kier molecular flexibility index (Phi) is 9.12. The number of hydrogen-bond donors (Lipinski definition) is 2. The molecule has 3 aromatic heterocycles. The van der Waals surface area contributed by atoms with Crippen molar-refractivity contribution in [3.8, 4) is 10.9 Å². The molecule has 3 rings (SSSR count). The molecular formula is C16H21ClN6O4S. The molecule has 0 atom stereocenters. The van der Waals surface area contributed by atoms with Gasteiger partial charge in [0.25, 0.3) is 5.91 Å². The number of carbonyl (C=O) groups is 1. The van der Waals surface area contributed by atoms with E-state index in [0.717, 1.165) is 17.0 Å². The predicted octanol–water partition coefficient (Wildman–Crippen LogP) is 2.71. The van der Waals surface area contributed by atoms with Crippen LogP contribution in [-0.4, -0.2) is 39.4 Å². The Hall–Kier alpha value is -2.92. The van der Waals surface area contributed by atoms with Gasteiger partial charge in [-0.25, -0.2) is 9.48 Å². The van der Waals surface area contributed by atoms with Crippen LogP contribution >= 0.6 is 22.9 Å². The summed E-state index contributed by atoms with van der Waals surface area (Å²) in [7, 11) is 1.28. The fourth-order valence-electron chi connectivity index (χ4n) is 1.89. The van der Waals surface area contributed by atoms with Gasteiger partial charge in [-0.3, -0.25) is 10.1 Å². The van der Waals surface area contributed by atoms with Crippen molar-refractivity contribution in [1.29, 1.82) is 0 Å². The third-order valence-electron chi connectivity index (χ3n) is 3.01. The summed E-state index contributed by atoms with van der Waals surface area (Å²) in [6, 6.07) is 3.02. The van der Waals surface area contributed by atoms with Gasteiger partial charge in [0.1, 0.15) is 0 Å². The average Bonchev–Trinajstić information content (AvgIpc) is 3.33. The average molecular weight is 429 g/mol. The Balaban J connectivity index is 0.000000921. The first-order valence-corrected chi connectivity index (χ1v) is 9.58. The van der Waals surface area contributed by atoms with E-state index in [-0.39, 0.29) is 22.3 Å². The molecule has 0 saturated heterocycles. The number of alkyl halides is 1. The summed E-state index contributed by atoms with van der Waals surface area (Å²) < 4.78 is 11.3. The number of aryl methyl sites for hydroxylation is 1. The molecule has 0 aliphatic heterocycles. The standard InChI is InChI=1S/C13H12N6O4S.C2H6.CH3Cl/c1-6-3-4-15-19(6)13-18-17-12(24-13)16-10(20)8-5-7(14)9(22-2)11(21)23-8;2*1-2/h3-5H,14H2,1-2H3,(H,16,17,20);1-2H3;1H3. The van der Waals surface area contributed by atoms with E-state index in [1.165, 1.54) is 19.6 Å². The van der Waals surface area contributed by atoms with Gasteiger partial charge in [0.05, 0.1) is 12.8 Å². The SMILES string of the molecule is CC.CCl.COc1c(N)cc(C(=O)Nc2nnc(-n3nccc3C)s2)oc1=O. The molecule has 10 nitrogen and oxygen atoms in total. The first-order chi connectivity index (χ1) is 13.5. The van der Waals surface area contributed by atoms with E-state index in [1.54, 1.807) is 10.9 Å². The molecule has 3 aromatic rings. The lowest BCUT2D eigenvalue weighted by atomic mass is 10.3. The van der Waals surface area contributed by atoms with Crippen LogP contribution in [0.3, 0.4) is 0 Å². The van der Waals surface area contributed by atoms with Crippen LogP contribution in [0.15, 0.2) is 27.5 Å². The zero-order valence-corrected chi connectivity index (χ0v) is 17.6. The molecule has 0 aliphatic carbocycles. The fourth-order valence-corrected chi connectivity index (χ4v) is 2.65. The molecule has 28 heavy (non-hydrogen) atoms. The van der Waals surface area contributed by atoms with Gasteiger partial charge < -0.3 is 14.9 Å². The molecule has 3 heterocycles. The molecular weight excluding hydrogens is 408 g/mol. The highest BCUT2D eigenvalue weighted by Gasteiger charge is 2.18. The fraction of sp³-hybridized carbons (Fsp3) is 0.312. The summed E-state index contributed by atoms with van der Waals surface area (Å²) in [5.41, 5.74) is 5.68. The molecule has 0 aliphatic rings. The number of nitrogens with one attached hydrogen (secondary N) is 1. The molecule has 0 bridgehead atoms. The van der Waals surface area contributed by atoms with Crippen LogP contribution in [0.4, 0.5) is 10.8 Å². The number of methoxy groups -OCH3 is 1. The molecule has 0 radical (unpaired) electrons. The van der Waals surface area contributed by atoms with Gasteiger partial charge in [-0.1, -0.05) is 25.2 Å². The summed E-state index contributed by atoms with van der Waals surface area (Å²) in [6.07, 6.45) is 3.10. The maximum absolute atomic E-state index is 12.2. The Bertz CT molecular complexity index is 968. The van der Waals surface area contributed by atoms with Crippen LogP contribution < -0.4 is 21.4 Å². The van der Waals surface area contributed by atoms with Crippen molar-refractivity contribution >= 4 is 39.7 Å². The van der Waals surface area contributed by atoms with Crippen molar-refractivity contribution in [3.63, 3.8) is 0 Å². The lowest BCUT2D eigenvalue weighted by molar-refractivity contribution is 0.0991. The van der Waals surface area contributed by atoms with E-state index in [9.17, 15) is 9.59 Å². The first-order valence-electron chi connectivity index (χ1n) is 8.01. The summed E-state index contributed by atoms with van der Waals surface area (Å²) in [5.74, 6) is -1.09. The molecule has 1 amide bonds. The number of anilines is 2. The Morgan fingerprint density at radius 1 is 1.36 bits per heavy atom. The number of rotatable bonds is 4. The Morgan fingerprint density at radius 3 is 2.57 bits per heavy atom. The van der Waals surface area contributed by atoms with Crippen molar-refractivity contribution in [2.75, 3.05) is 24.5 Å². The van der Waals surface area contributed by atoms with E-state index >= 15 is 0 Å². The van der Waals surface area contributed by atoms with Gasteiger partial charge in [-0.15, -0.1) is 21.8 Å². The highest BCUT2D eigenvalue weighted by molar-refractivity contribution is 7.17. The van der Waals surface area contributed by atoms with Gasteiger partial charge in [-0.05, 0) is 13.0 Å². The maximum Gasteiger partial charge on any atom is 0.381 e. The lowest BCUT2D eigenvalue weighted by Gasteiger charge is -2.04. The van der Waals surface area contributed by atoms with Crippen LogP contribution in [-0.2, 0) is 0 Å². The van der Waals surface area contributed by atoms with Gasteiger partial charge in [0.15, 0.2) is 5.76 Å². The number of nitrogens with two attached hydrogens (primary N) is 1. The van der Waals surface area contributed by atoms with E-state index in [0.29, 0.717) is 5.13 Å². The quantitative estimate of drug-likeness (QED) is 0.604. The summed E-state index contributed by atoms with van der Waals surface area (Å²) in [4.78, 5) is 23.8. The van der Waals surface area contributed by atoms with E-state index in [4.69, 9.17) is 14.9 Å². The van der Waals surface area contributed by atoms with Crippen LogP contribution in [0.5, 0.6) is 5.75 Å². The number of carbonyl (C=O) groups excluding carboxylic acids is 1. The summed E-state index contributed by atoms with van der Waals surface area (Å²) in [6.45, 7) is 5.86. The number of nitrogens with zero attached hydrogens (tertiary/aromatic N) is 4. The zero-order chi connectivity index (χ0) is 21.3. The van der Waals surface area contributed by atoms with Crippen molar-refractivity contribution < 1.29 is 13.9 Å². The van der Waals surface area contributed by atoms with Crippen molar-refractivity contribution in [3.05, 3.63) is 40.2 Å². The van der Waals surface area contributed by atoms with E-state index in [2.05, 4.69) is 32.2 Å². The monoisotopic (exact) mass is 428 g/mol. The highest BCUT2D eigenvalue weighted by atomic mass is 35.5. The van der Waals surface area contributed by atoms with Gasteiger partial charge in [-0.2, -0.15) is 5.10 Å². The van der Waals surface area contributed by atoms with Crippen LogP contribution in [0.2, 0.25) is 0 Å². The molecule has 0 aromatic carbocycles. The van der Waals surface area contributed by atoms with Gasteiger partial charge in [0.2, 0.25) is 16.0 Å². The second kappa shape index (κ2) is 11.0. The van der Waals surface area contributed by atoms with E-state index in [1.807, 2.05) is 26.8 Å². The van der Waals surface area contributed by atoms with Crippen molar-refractivity contribution in [2.45, 2.75) is 20.8 Å². The molecule has 152 valence electrons. The van der Waals surface area contributed by atoms with Gasteiger partial charge in [0, 0.05) is 24.3 Å². The third kappa shape index (κ3) is 5.30. The maximum atomic E-state index is 12.2. The zero-order valence-electron chi connectivity index (χ0n) is 16.0. The number of hydrogen-bond acceptors (Lipinski definition) is 9. The minimum atomic E-state index is -0.840. The molecule has 3 N–H and O–H groups in total. The number of ether oxygens (including phenoxy) is 1. The normalized spacial score (nSPS) is 9.50. The molecule has 12 heteroatoms. The minimum absolute atomic E-state index is 0.00372. The summed E-state index contributed by atoms with van der Waals surface area (Å²) in [5, 5.41) is 15.1. The summed E-state index contributed by atoms with van der Waals surface area (Å²) >= 11 is 5.75. The number of aromatic nitrogens is 4. The highest BCUT2D eigenvalue weighted by Crippen LogP contribution is 2.21. The number of nitrogen functional groups attached to an aromatic ring is 1.